The summed E-state index contributed by atoms with van der Waals surface area (Å²) in [5, 5.41) is 1.36. The highest BCUT2D eigenvalue weighted by molar-refractivity contribution is 6.30. The van der Waals surface area contributed by atoms with Gasteiger partial charge in [-0.25, -0.2) is 9.36 Å². The predicted molar refractivity (Wildman–Crippen MR) is 132 cm³/mol. The Bertz CT molecular complexity index is 1660. The molecule has 0 aliphatic carbocycles. The van der Waals surface area contributed by atoms with Gasteiger partial charge in [0.05, 0.1) is 30.4 Å². The zero-order valence-electron chi connectivity index (χ0n) is 18.5. The Morgan fingerprint density at radius 3 is 2.45 bits per heavy atom. The van der Waals surface area contributed by atoms with E-state index in [1.54, 1.807) is 23.8 Å². The monoisotopic (exact) mass is 459 g/mol. The van der Waals surface area contributed by atoms with Gasteiger partial charge in [0, 0.05) is 17.5 Å². The Kier molecular flexibility index (Phi) is 5.10. The molecule has 5 aromatic rings. The van der Waals surface area contributed by atoms with Crippen LogP contribution in [0.5, 0.6) is 5.75 Å². The zero-order valence-corrected chi connectivity index (χ0v) is 19.3. The Morgan fingerprint density at radius 1 is 0.939 bits per heavy atom. The molecule has 0 saturated heterocycles. The van der Waals surface area contributed by atoms with E-state index >= 15 is 0 Å². The SMILES string of the molecule is COc1ccc2c(c1)c1c(c(=O)n(-c3ccccc3C)c(=O)n1Cc1cccc(Cl)c1)n2C. The van der Waals surface area contributed by atoms with Crippen molar-refractivity contribution < 1.29 is 4.74 Å². The molecular weight excluding hydrogens is 438 g/mol. The van der Waals surface area contributed by atoms with Gasteiger partial charge in [-0.2, -0.15) is 0 Å². The highest BCUT2D eigenvalue weighted by atomic mass is 35.5. The van der Waals surface area contributed by atoms with Crippen molar-refractivity contribution in [1.82, 2.24) is 13.7 Å². The van der Waals surface area contributed by atoms with Crippen molar-refractivity contribution in [3.05, 3.63) is 104 Å². The summed E-state index contributed by atoms with van der Waals surface area (Å²) < 4.78 is 10.2. The maximum absolute atomic E-state index is 13.9. The number of aryl methyl sites for hydroxylation is 2. The number of rotatable bonds is 4. The number of benzene rings is 3. The summed E-state index contributed by atoms with van der Waals surface area (Å²) in [5.74, 6) is 0.653. The van der Waals surface area contributed by atoms with Crippen LogP contribution in [-0.2, 0) is 13.6 Å². The van der Waals surface area contributed by atoms with Gasteiger partial charge in [-0.1, -0.05) is 41.9 Å². The van der Waals surface area contributed by atoms with Gasteiger partial charge in [0.25, 0.3) is 5.56 Å². The quantitative estimate of drug-likeness (QED) is 0.392. The predicted octanol–water partition coefficient (Wildman–Crippen LogP) is 4.66. The Morgan fingerprint density at radius 2 is 1.73 bits per heavy atom. The first-order valence-corrected chi connectivity index (χ1v) is 10.9. The normalized spacial score (nSPS) is 11.4. The van der Waals surface area contributed by atoms with Crippen LogP contribution >= 0.6 is 11.6 Å². The van der Waals surface area contributed by atoms with Crippen LogP contribution in [0.3, 0.4) is 0 Å². The van der Waals surface area contributed by atoms with E-state index in [1.807, 2.05) is 73.1 Å². The van der Waals surface area contributed by atoms with Crippen molar-refractivity contribution in [3.63, 3.8) is 0 Å². The highest BCUT2D eigenvalue weighted by Crippen LogP contribution is 2.29. The first-order chi connectivity index (χ1) is 15.9. The number of methoxy groups -OCH3 is 1. The molecule has 166 valence electrons. The minimum atomic E-state index is -0.405. The summed E-state index contributed by atoms with van der Waals surface area (Å²) in [6.45, 7) is 2.15. The summed E-state index contributed by atoms with van der Waals surface area (Å²) in [7, 11) is 3.44. The topological polar surface area (TPSA) is 58.2 Å². The standard InChI is InChI=1S/C26H22ClN3O3/c1-16-7-4-5-10-21(16)30-25(31)24-23(20-14-19(33-3)11-12-22(20)28(24)2)29(26(30)32)15-17-8-6-9-18(27)13-17/h4-14H,15H2,1-3H3. The van der Waals surface area contributed by atoms with E-state index in [4.69, 9.17) is 16.3 Å². The second-order valence-corrected chi connectivity index (χ2v) is 8.50. The second-order valence-electron chi connectivity index (χ2n) is 8.06. The van der Waals surface area contributed by atoms with Crippen LogP contribution in [0.4, 0.5) is 0 Å². The first-order valence-electron chi connectivity index (χ1n) is 10.5. The van der Waals surface area contributed by atoms with Crippen molar-refractivity contribution in [2.24, 2.45) is 7.05 Å². The van der Waals surface area contributed by atoms with Crippen LogP contribution < -0.4 is 16.0 Å². The fourth-order valence-electron chi connectivity index (χ4n) is 4.45. The molecule has 2 heterocycles. The molecule has 3 aromatic carbocycles. The minimum absolute atomic E-state index is 0.262. The number of nitrogens with zero attached hydrogens (tertiary/aromatic N) is 3. The van der Waals surface area contributed by atoms with E-state index in [9.17, 15) is 9.59 Å². The molecule has 7 heteroatoms. The third-order valence-electron chi connectivity index (χ3n) is 6.06. The molecule has 5 rings (SSSR count). The fourth-order valence-corrected chi connectivity index (χ4v) is 4.66. The molecule has 2 aromatic heterocycles. The minimum Gasteiger partial charge on any atom is -0.497 e. The van der Waals surface area contributed by atoms with E-state index < -0.39 is 5.69 Å². The average Bonchev–Trinajstić information content (AvgIpc) is 3.10. The Balaban J connectivity index is 1.96. The summed E-state index contributed by atoms with van der Waals surface area (Å²) in [6.07, 6.45) is 0. The number of para-hydroxylation sites is 1. The van der Waals surface area contributed by atoms with Crippen molar-refractivity contribution >= 4 is 33.5 Å². The van der Waals surface area contributed by atoms with Crippen LogP contribution in [-0.4, -0.2) is 20.8 Å². The number of hydrogen-bond donors (Lipinski definition) is 0. The number of ether oxygens (including phenoxy) is 1. The third kappa shape index (κ3) is 3.34. The van der Waals surface area contributed by atoms with E-state index in [-0.39, 0.29) is 12.1 Å². The molecule has 0 aliphatic rings. The summed E-state index contributed by atoms with van der Waals surface area (Å²) in [4.78, 5) is 27.7. The number of fused-ring (bicyclic) bond motifs is 3. The maximum atomic E-state index is 13.9. The Labute approximate surface area is 194 Å². The van der Waals surface area contributed by atoms with Gasteiger partial charge in [-0.15, -0.1) is 0 Å². The maximum Gasteiger partial charge on any atom is 0.336 e. The Hall–Kier alpha value is -3.77. The van der Waals surface area contributed by atoms with Crippen LogP contribution in [0.2, 0.25) is 5.02 Å². The summed E-state index contributed by atoms with van der Waals surface area (Å²) in [6, 6.07) is 20.4. The van der Waals surface area contributed by atoms with E-state index in [2.05, 4.69) is 0 Å². The fraction of sp³-hybridized carbons (Fsp3) is 0.154. The van der Waals surface area contributed by atoms with Crippen molar-refractivity contribution in [3.8, 4) is 11.4 Å². The van der Waals surface area contributed by atoms with E-state index in [0.717, 1.165) is 22.0 Å². The lowest BCUT2D eigenvalue weighted by atomic mass is 10.2. The highest BCUT2D eigenvalue weighted by Gasteiger charge is 2.22. The van der Waals surface area contributed by atoms with Crippen molar-refractivity contribution in [1.29, 1.82) is 0 Å². The molecule has 0 atom stereocenters. The number of hydrogen-bond acceptors (Lipinski definition) is 3. The summed E-state index contributed by atoms with van der Waals surface area (Å²) in [5.41, 5.74) is 3.36. The second kappa shape index (κ2) is 7.98. The van der Waals surface area contributed by atoms with E-state index in [1.165, 1.54) is 4.57 Å². The first kappa shape index (κ1) is 21.1. The van der Waals surface area contributed by atoms with Crippen LogP contribution in [0, 0.1) is 6.92 Å². The van der Waals surface area contributed by atoms with Crippen LogP contribution in [0.15, 0.2) is 76.3 Å². The molecule has 0 amide bonds. The molecule has 0 aliphatic heterocycles. The third-order valence-corrected chi connectivity index (χ3v) is 6.30. The molecule has 33 heavy (non-hydrogen) atoms. The molecule has 0 fully saturated rings. The van der Waals surface area contributed by atoms with Crippen LogP contribution in [0.25, 0.3) is 27.6 Å². The molecule has 0 saturated carbocycles. The smallest absolute Gasteiger partial charge is 0.336 e. The van der Waals surface area contributed by atoms with Gasteiger partial charge in [0.1, 0.15) is 11.3 Å². The molecule has 0 N–H and O–H groups in total. The molecular formula is C26H22ClN3O3. The molecule has 0 spiro atoms. The molecule has 0 bridgehead atoms. The van der Waals surface area contributed by atoms with Gasteiger partial charge in [-0.05, 0) is 54.4 Å². The number of halogens is 1. The number of aromatic nitrogens is 3. The van der Waals surface area contributed by atoms with Crippen molar-refractivity contribution in [2.75, 3.05) is 7.11 Å². The van der Waals surface area contributed by atoms with Gasteiger partial charge >= 0.3 is 5.69 Å². The van der Waals surface area contributed by atoms with E-state index in [0.29, 0.717) is 27.5 Å². The molecule has 6 nitrogen and oxygen atoms in total. The molecule has 0 unspecified atom stereocenters. The average molecular weight is 460 g/mol. The lowest BCUT2D eigenvalue weighted by Gasteiger charge is -2.15. The van der Waals surface area contributed by atoms with Gasteiger partial charge in [-0.3, -0.25) is 9.36 Å². The molecule has 0 radical (unpaired) electrons. The summed E-state index contributed by atoms with van der Waals surface area (Å²) >= 11 is 6.22. The van der Waals surface area contributed by atoms with Crippen LogP contribution in [0.1, 0.15) is 11.1 Å². The van der Waals surface area contributed by atoms with Gasteiger partial charge < -0.3 is 9.30 Å². The lowest BCUT2D eigenvalue weighted by molar-refractivity contribution is 0.415. The zero-order chi connectivity index (χ0) is 23.3. The van der Waals surface area contributed by atoms with Gasteiger partial charge in [0.15, 0.2) is 0 Å². The lowest BCUT2D eigenvalue weighted by Crippen LogP contribution is -2.39. The van der Waals surface area contributed by atoms with Gasteiger partial charge in [0.2, 0.25) is 0 Å². The largest absolute Gasteiger partial charge is 0.497 e. The van der Waals surface area contributed by atoms with Crippen molar-refractivity contribution in [2.45, 2.75) is 13.5 Å².